The lowest BCUT2D eigenvalue weighted by Gasteiger charge is -1.98. The van der Waals surface area contributed by atoms with Crippen molar-refractivity contribution in [3.05, 3.63) is 35.0 Å². The first-order chi connectivity index (χ1) is 8.33. The summed E-state index contributed by atoms with van der Waals surface area (Å²) >= 11 is 1.90. The van der Waals surface area contributed by atoms with Crippen molar-refractivity contribution in [3.8, 4) is 0 Å². The van der Waals surface area contributed by atoms with Crippen LogP contribution < -0.4 is 0 Å². The molecule has 0 aliphatic carbocycles. The molecule has 0 aliphatic heterocycles. The molecule has 1 rings (SSSR count). The van der Waals surface area contributed by atoms with Crippen LogP contribution in [0, 0.1) is 6.92 Å². The maximum Gasteiger partial charge on any atom is 0.0373 e. The van der Waals surface area contributed by atoms with Crippen LogP contribution in [0.5, 0.6) is 0 Å². The van der Waals surface area contributed by atoms with Gasteiger partial charge in [-0.3, -0.25) is 4.98 Å². The Morgan fingerprint density at radius 2 is 2.00 bits per heavy atom. The van der Waals surface area contributed by atoms with E-state index in [1.165, 1.54) is 43.4 Å². The lowest BCUT2D eigenvalue weighted by atomic mass is 10.2. The molecule has 94 valence electrons. The summed E-state index contributed by atoms with van der Waals surface area (Å²) in [6.07, 6.45) is 10.9. The average molecular weight is 249 g/mol. The Morgan fingerprint density at radius 1 is 1.18 bits per heavy atom. The zero-order valence-corrected chi connectivity index (χ0v) is 11.8. The summed E-state index contributed by atoms with van der Waals surface area (Å²) in [5, 5.41) is 2.19. The Bertz CT molecular complexity index is 316. The SMILES string of the molecule is CCCCCCCS/C=C\c1ccc(C)nc1. The highest BCUT2D eigenvalue weighted by atomic mass is 32.2. The van der Waals surface area contributed by atoms with Gasteiger partial charge in [0.05, 0.1) is 0 Å². The molecule has 0 saturated heterocycles. The molecule has 1 heterocycles. The Morgan fingerprint density at radius 3 is 2.71 bits per heavy atom. The van der Waals surface area contributed by atoms with Gasteiger partial charge in [-0.05, 0) is 42.2 Å². The summed E-state index contributed by atoms with van der Waals surface area (Å²) in [5.41, 5.74) is 2.26. The first-order valence-electron chi connectivity index (χ1n) is 6.53. The first kappa shape index (κ1) is 14.3. The van der Waals surface area contributed by atoms with E-state index in [1.54, 1.807) is 0 Å². The van der Waals surface area contributed by atoms with Crippen LogP contribution in [0.1, 0.15) is 50.3 Å². The second-order valence-corrected chi connectivity index (χ2v) is 5.33. The van der Waals surface area contributed by atoms with E-state index in [0.29, 0.717) is 0 Å². The minimum atomic E-state index is 1.07. The predicted octanol–water partition coefficient (Wildman–Crippen LogP) is 5.06. The molecule has 0 saturated carbocycles. The van der Waals surface area contributed by atoms with Crippen LogP contribution in [0.25, 0.3) is 6.08 Å². The van der Waals surface area contributed by atoms with Crippen molar-refractivity contribution in [3.63, 3.8) is 0 Å². The molecular formula is C15H23NS. The standard InChI is InChI=1S/C15H23NS/c1-3-4-5-6-7-11-17-12-10-15-9-8-14(2)16-13-15/h8-10,12-13H,3-7,11H2,1-2H3/b12-10-. The smallest absolute Gasteiger partial charge is 0.0373 e. The van der Waals surface area contributed by atoms with Crippen LogP contribution in [0.2, 0.25) is 0 Å². The Hall–Kier alpha value is -0.760. The van der Waals surface area contributed by atoms with E-state index in [1.807, 2.05) is 24.9 Å². The average Bonchev–Trinajstić information content (AvgIpc) is 2.35. The fourth-order valence-electron chi connectivity index (χ4n) is 1.56. The van der Waals surface area contributed by atoms with Crippen molar-refractivity contribution >= 4 is 17.8 Å². The number of aryl methyl sites for hydroxylation is 1. The molecule has 0 aliphatic rings. The van der Waals surface area contributed by atoms with Crippen LogP contribution in [-0.4, -0.2) is 10.7 Å². The number of thioether (sulfide) groups is 1. The number of hydrogen-bond acceptors (Lipinski definition) is 2. The zero-order chi connectivity index (χ0) is 12.3. The first-order valence-corrected chi connectivity index (χ1v) is 7.58. The van der Waals surface area contributed by atoms with Crippen molar-refractivity contribution in [2.45, 2.75) is 46.0 Å². The van der Waals surface area contributed by atoms with Crippen LogP contribution in [0.4, 0.5) is 0 Å². The lowest BCUT2D eigenvalue weighted by molar-refractivity contribution is 0.659. The highest BCUT2D eigenvalue weighted by Crippen LogP contribution is 2.12. The monoisotopic (exact) mass is 249 g/mol. The van der Waals surface area contributed by atoms with Gasteiger partial charge in [-0.25, -0.2) is 0 Å². The van der Waals surface area contributed by atoms with Gasteiger partial charge in [0.1, 0.15) is 0 Å². The second-order valence-electron chi connectivity index (χ2n) is 4.32. The summed E-state index contributed by atoms with van der Waals surface area (Å²) in [6.45, 7) is 4.27. The molecule has 0 bridgehead atoms. The molecule has 0 N–H and O–H groups in total. The molecule has 0 amide bonds. The van der Waals surface area contributed by atoms with Crippen molar-refractivity contribution in [1.29, 1.82) is 0 Å². The highest BCUT2D eigenvalue weighted by Gasteiger charge is 1.89. The van der Waals surface area contributed by atoms with E-state index in [4.69, 9.17) is 0 Å². The molecule has 17 heavy (non-hydrogen) atoms. The summed E-state index contributed by atoms with van der Waals surface area (Å²) in [6, 6.07) is 4.16. The summed E-state index contributed by atoms with van der Waals surface area (Å²) in [4.78, 5) is 4.27. The topological polar surface area (TPSA) is 12.9 Å². The Labute approximate surface area is 110 Å². The number of nitrogens with zero attached hydrogens (tertiary/aromatic N) is 1. The van der Waals surface area contributed by atoms with E-state index >= 15 is 0 Å². The molecular weight excluding hydrogens is 226 g/mol. The van der Waals surface area contributed by atoms with Crippen molar-refractivity contribution in [2.24, 2.45) is 0 Å². The van der Waals surface area contributed by atoms with E-state index in [9.17, 15) is 0 Å². The number of hydrogen-bond donors (Lipinski definition) is 0. The third kappa shape index (κ3) is 7.22. The Kier molecular flexibility index (Phi) is 7.81. The van der Waals surface area contributed by atoms with Crippen LogP contribution in [0.15, 0.2) is 23.7 Å². The van der Waals surface area contributed by atoms with Gasteiger partial charge >= 0.3 is 0 Å². The van der Waals surface area contributed by atoms with Gasteiger partial charge in [-0.15, -0.1) is 11.8 Å². The van der Waals surface area contributed by atoms with Gasteiger partial charge in [0.15, 0.2) is 0 Å². The fourth-order valence-corrected chi connectivity index (χ4v) is 2.32. The quantitative estimate of drug-likeness (QED) is 0.597. The molecule has 0 fully saturated rings. The molecule has 1 aromatic rings. The third-order valence-electron chi connectivity index (χ3n) is 2.66. The molecule has 0 unspecified atom stereocenters. The lowest BCUT2D eigenvalue weighted by Crippen LogP contribution is -1.81. The Balaban J connectivity index is 2.08. The molecule has 0 atom stereocenters. The van der Waals surface area contributed by atoms with E-state index < -0.39 is 0 Å². The summed E-state index contributed by atoms with van der Waals surface area (Å²) in [7, 11) is 0. The van der Waals surface area contributed by atoms with E-state index in [2.05, 4.69) is 35.5 Å². The molecule has 0 aromatic carbocycles. The van der Waals surface area contributed by atoms with Crippen molar-refractivity contribution in [2.75, 3.05) is 5.75 Å². The fraction of sp³-hybridized carbons (Fsp3) is 0.533. The van der Waals surface area contributed by atoms with Gasteiger partial charge < -0.3 is 0 Å². The second kappa shape index (κ2) is 9.29. The minimum absolute atomic E-state index is 1.07. The van der Waals surface area contributed by atoms with Crippen LogP contribution >= 0.6 is 11.8 Å². The maximum atomic E-state index is 4.27. The normalized spacial score (nSPS) is 11.2. The largest absolute Gasteiger partial charge is 0.261 e. The summed E-state index contributed by atoms with van der Waals surface area (Å²) in [5.74, 6) is 1.24. The zero-order valence-electron chi connectivity index (χ0n) is 11.0. The van der Waals surface area contributed by atoms with Crippen molar-refractivity contribution < 1.29 is 0 Å². The predicted molar refractivity (Wildman–Crippen MR) is 79.2 cm³/mol. The molecule has 0 spiro atoms. The minimum Gasteiger partial charge on any atom is -0.261 e. The summed E-state index contributed by atoms with van der Waals surface area (Å²) < 4.78 is 0. The number of unbranched alkanes of at least 4 members (excludes halogenated alkanes) is 4. The van der Waals surface area contributed by atoms with Crippen LogP contribution in [-0.2, 0) is 0 Å². The van der Waals surface area contributed by atoms with Gasteiger partial charge in [0.2, 0.25) is 0 Å². The number of rotatable bonds is 8. The van der Waals surface area contributed by atoms with Gasteiger partial charge in [-0.2, -0.15) is 0 Å². The molecule has 0 radical (unpaired) electrons. The van der Waals surface area contributed by atoms with Gasteiger partial charge in [-0.1, -0.05) is 38.7 Å². The van der Waals surface area contributed by atoms with E-state index in [-0.39, 0.29) is 0 Å². The molecule has 2 heteroatoms. The van der Waals surface area contributed by atoms with Gasteiger partial charge in [0, 0.05) is 11.9 Å². The maximum absolute atomic E-state index is 4.27. The molecule has 1 nitrogen and oxygen atoms in total. The van der Waals surface area contributed by atoms with Crippen LogP contribution in [0.3, 0.4) is 0 Å². The van der Waals surface area contributed by atoms with Gasteiger partial charge in [0.25, 0.3) is 0 Å². The number of aromatic nitrogens is 1. The highest BCUT2D eigenvalue weighted by molar-refractivity contribution is 8.02. The third-order valence-corrected chi connectivity index (χ3v) is 3.51. The van der Waals surface area contributed by atoms with E-state index in [0.717, 1.165) is 5.69 Å². The molecule has 1 aromatic heterocycles. The van der Waals surface area contributed by atoms with Crippen molar-refractivity contribution in [1.82, 2.24) is 4.98 Å². The number of pyridine rings is 1.